The molecule has 0 spiro atoms. The number of carbonyl (C=O) groups is 4. The Morgan fingerprint density at radius 1 is 0.326 bits per heavy atom. The van der Waals surface area contributed by atoms with Gasteiger partial charge in [0.15, 0.2) is 12.2 Å². The van der Waals surface area contributed by atoms with Crippen LogP contribution in [0.2, 0.25) is 0 Å². The molecule has 0 fully saturated rings. The third-order valence-corrected chi connectivity index (χ3v) is 18.5. The number of unbranched alkanes of at least 4 members (excludes halogenated alkanes) is 38. The third kappa shape index (κ3) is 63.2. The van der Waals surface area contributed by atoms with Gasteiger partial charge in [0.2, 0.25) is 0 Å². The zero-order valence-corrected chi connectivity index (χ0v) is 59.5. The first-order chi connectivity index (χ1) is 42.9. The molecule has 0 amide bonds. The molecule has 0 rings (SSSR count). The van der Waals surface area contributed by atoms with E-state index in [2.05, 4.69) is 41.5 Å². The third-order valence-electron chi connectivity index (χ3n) is 16.6. The van der Waals surface area contributed by atoms with Crippen LogP contribution in [0.25, 0.3) is 0 Å². The Balaban J connectivity index is 5.23. The van der Waals surface area contributed by atoms with E-state index in [9.17, 15) is 43.2 Å². The van der Waals surface area contributed by atoms with Gasteiger partial charge in [0.05, 0.1) is 26.4 Å². The van der Waals surface area contributed by atoms with Crippen molar-refractivity contribution in [3.63, 3.8) is 0 Å². The summed E-state index contributed by atoms with van der Waals surface area (Å²) in [6.07, 6.45) is 47.0. The first-order valence-corrected chi connectivity index (χ1v) is 39.5. The van der Waals surface area contributed by atoms with Gasteiger partial charge in [0.1, 0.15) is 19.3 Å². The second-order valence-corrected chi connectivity index (χ2v) is 28.9. The summed E-state index contributed by atoms with van der Waals surface area (Å²) >= 11 is 0. The van der Waals surface area contributed by atoms with Gasteiger partial charge >= 0.3 is 39.5 Å². The quantitative estimate of drug-likeness (QED) is 0.0222. The second-order valence-electron chi connectivity index (χ2n) is 26.0. The van der Waals surface area contributed by atoms with E-state index >= 15 is 0 Å². The van der Waals surface area contributed by atoms with Crippen LogP contribution < -0.4 is 0 Å². The van der Waals surface area contributed by atoms with Gasteiger partial charge in [-0.2, -0.15) is 0 Å². The summed E-state index contributed by atoms with van der Waals surface area (Å²) in [5.74, 6) is -0.552. The zero-order valence-electron chi connectivity index (χ0n) is 57.7. The summed E-state index contributed by atoms with van der Waals surface area (Å²) in [4.78, 5) is 72.5. The molecule has 3 N–H and O–H groups in total. The van der Waals surface area contributed by atoms with E-state index in [0.29, 0.717) is 25.7 Å². The summed E-state index contributed by atoms with van der Waals surface area (Å²) in [7, 11) is -9.90. The average Bonchev–Trinajstić information content (AvgIpc) is 3.65. The molecule has 6 atom stereocenters. The maximum Gasteiger partial charge on any atom is 0.472 e. The van der Waals surface area contributed by atoms with Gasteiger partial charge in [-0.05, 0) is 37.5 Å². The molecule has 0 heterocycles. The van der Waals surface area contributed by atoms with Crippen molar-refractivity contribution in [3.05, 3.63) is 0 Å². The maximum atomic E-state index is 13.0. The fourth-order valence-corrected chi connectivity index (χ4v) is 12.1. The van der Waals surface area contributed by atoms with Crippen molar-refractivity contribution in [2.75, 3.05) is 39.6 Å². The predicted molar refractivity (Wildman–Crippen MR) is 358 cm³/mol. The first-order valence-electron chi connectivity index (χ1n) is 36.5. The molecule has 0 aliphatic rings. The molecule has 0 saturated heterocycles. The SMILES string of the molecule is CCCCCCCCCCCCCC(=O)O[C@H](COC(=O)CCCCCCCCCCC)COP(=O)(O)OC[C@H](O)COP(=O)(O)OC[C@@H](COC(=O)CCCCCCCCCCC(C)CC)OC(=O)CCCCCCCCCCCCCCCCC(C)C. The minimum Gasteiger partial charge on any atom is -0.462 e. The number of esters is 4. The van der Waals surface area contributed by atoms with Crippen molar-refractivity contribution < 1.29 is 80.2 Å². The summed E-state index contributed by atoms with van der Waals surface area (Å²) in [6, 6.07) is 0. The molecule has 17 nitrogen and oxygen atoms in total. The lowest BCUT2D eigenvalue weighted by Crippen LogP contribution is -2.30. The zero-order chi connectivity index (χ0) is 65.7. The Labute approximate surface area is 543 Å². The molecule has 19 heteroatoms. The molecule has 89 heavy (non-hydrogen) atoms. The van der Waals surface area contributed by atoms with Crippen LogP contribution in [0.5, 0.6) is 0 Å². The number of aliphatic hydroxyl groups is 1. The lowest BCUT2D eigenvalue weighted by atomic mass is 9.99. The Hall–Kier alpha value is -1.94. The number of rotatable bonds is 69. The van der Waals surface area contributed by atoms with Crippen molar-refractivity contribution in [3.8, 4) is 0 Å². The second kappa shape index (κ2) is 62.2. The highest BCUT2D eigenvalue weighted by Gasteiger charge is 2.30. The summed E-state index contributed by atoms with van der Waals surface area (Å²) < 4.78 is 68.2. The fraction of sp³-hybridized carbons (Fsp3) is 0.943. The van der Waals surface area contributed by atoms with Crippen molar-refractivity contribution in [1.82, 2.24) is 0 Å². The van der Waals surface area contributed by atoms with Crippen LogP contribution in [-0.4, -0.2) is 96.7 Å². The highest BCUT2D eigenvalue weighted by molar-refractivity contribution is 7.47. The number of carbonyl (C=O) groups excluding carboxylic acids is 4. The lowest BCUT2D eigenvalue weighted by Gasteiger charge is -2.21. The molecule has 0 radical (unpaired) electrons. The van der Waals surface area contributed by atoms with Crippen molar-refractivity contribution in [2.45, 2.75) is 374 Å². The Bertz CT molecular complexity index is 1740. The van der Waals surface area contributed by atoms with Gasteiger partial charge in [-0.15, -0.1) is 0 Å². The molecule has 0 aliphatic heterocycles. The monoisotopic (exact) mass is 1310 g/mol. The van der Waals surface area contributed by atoms with Crippen LogP contribution in [0.15, 0.2) is 0 Å². The summed E-state index contributed by atoms with van der Waals surface area (Å²) in [6.45, 7) is 9.56. The molecular formula is C70H136O17P2. The van der Waals surface area contributed by atoms with Gasteiger partial charge in [-0.25, -0.2) is 9.13 Å². The maximum absolute atomic E-state index is 13.0. The van der Waals surface area contributed by atoms with Gasteiger partial charge in [0.25, 0.3) is 0 Å². The number of ether oxygens (including phenoxy) is 4. The van der Waals surface area contributed by atoms with Gasteiger partial charge in [0, 0.05) is 25.7 Å². The van der Waals surface area contributed by atoms with E-state index in [0.717, 1.165) is 102 Å². The molecular weight excluding hydrogens is 1170 g/mol. The molecule has 0 bridgehead atoms. The Morgan fingerprint density at radius 3 is 0.854 bits per heavy atom. The number of aliphatic hydroxyl groups excluding tert-OH is 1. The van der Waals surface area contributed by atoms with Crippen molar-refractivity contribution in [2.24, 2.45) is 11.8 Å². The van der Waals surface area contributed by atoms with E-state index in [1.807, 2.05) is 0 Å². The van der Waals surface area contributed by atoms with Gasteiger partial charge < -0.3 is 33.8 Å². The minimum absolute atomic E-state index is 0.107. The molecule has 3 unspecified atom stereocenters. The number of hydrogen-bond donors (Lipinski definition) is 3. The topological polar surface area (TPSA) is 237 Å². The normalized spacial score (nSPS) is 14.4. The van der Waals surface area contributed by atoms with Crippen molar-refractivity contribution >= 4 is 39.5 Å². The fourth-order valence-electron chi connectivity index (χ4n) is 10.6. The standard InChI is InChI=1S/C70H136O17P2/c1-7-10-12-14-16-18-23-28-36-42-48-54-69(74)86-65(58-80-67(72)52-46-40-34-26-17-15-13-11-8-2)60-84-88(76,77)82-56-64(71)57-83-89(78,79)85-61-66(59-81-68(73)53-47-41-35-31-30-33-39-45-51-63(6)9-3)87-70(75)55-49-43-37-29-25-22-20-19-21-24-27-32-38-44-50-62(4)5/h62-66,71H,7-61H2,1-6H3,(H,76,77)(H,78,79)/t63?,64-,65+,66+/m0/s1. The Morgan fingerprint density at radius 2 is 0.573 bits per heavy atom. The predicted octanol–water partition coefficient (Wildman–Crippen LogP) is 20.0. The van der Waals surface area contributed by atoms with E-state index in [4.69, 9.17) is 37.0 Å². The Kier molecular flexibility index (Phi) is 60.8. The van der Waals surface area contributed by atoms with Crippen molar-refractivity contribution in [1.29, 1.82) is 0 Å². The van der Waals surface area contributed by atoms with Gasteiger partial charge in [-0.3, -0.25) is 37.3 Å². The van der Waals surface area contributed by atoms with Crippen LogP contribution in [-0.2, 0) is 65.4 Å². The molecule has 0 aliphatic carbocycles. The highest BCUT2D eigenvalue weighted by atomic mass is 31.2. The lowest BCUT2D eigenvalue weighted by molar-refractivity contribution is -0.161. The highest BCUT2D eigenvalue weighted by Crippen LogP contribution is 2.45. The van der Waals surface area contributed by atoms with E-state index in [-0.39, 0.29) is 25.7 Å². The molecule has 0 saturated carbocycles. The molecule has 0 aromatic carbocycles. The van der Waals surface area contributed by atoms with Crippen LogP contribution in [0.1, 0.15) is 356 Å². The summed E-state index contributed by atoms with van der Waals surface area (Å²) in [5.41, 5.74) is 0. The minimum atomic E-state index is -4.95. The van der Waals surface area contributed by atoms with Crippen LogP contribution in [0.4, 0.5) is 0 Å². The van der Waals surface area contributed by atoms with Crippen LogP contribution in [0.3, 0.4) is 0 Å². The largest absolute Gasteiger partial charge is 0.472 e. The van der Waals surface area contributed by atoms with E-state index < -0.39 is 97.5 Å². The molecule has 0 aromatic heterocycles. The number of hydrogen-bond acceptors (Lipinski definition) is 15. The number of phosphoric ester groups is 2. The summed E-state index contributed by atoms with van der Waals surface area (Å²) in [5, 5.41) is 10.6. The molecule has 0 aromatic rings. The molecule has 528 valence electrons. The first kappa shape index (κ1) is 87.1. The van der Waals surface area contributed by atoms with E-state index in [1.54, 1.807) is 0 Å². The van der Waals surface area contributed by atoms with Gasteiger partial charge in [-0.1, -0.05) is 305 Å². The van der Waals surface area contributed by atoms with E-state index in [1.165, 1.54) is 173 Å². The van der Waals surface area contributed by atoms with Crippen LogP contribution >= 0.6 is 15.6 Å². The number of phosphoric acid groups is 2. The van der Waals surface area contributed by atoms with Crippen LogP contribution in [0, 0.1) is 11.8 Å². The average molecular weight is 1310 g/mol. The smallest absolute Gasteiger partial charge is 0.462 e.